The van der Waals surface area contributed by atoms with Gasteiger partial charge < -0.3 is 9.64 Å². The molecule has 0 atom stereocenters. The molecule has 2 fully saturated rings. The van der Waals surface area contributed by atoms with Gasteiger partial charge in [0.1, 0.15) is 5.52 Å². The maximum atomic E-state index is 14.1. The molecule has 0 amide bonds. The number of rotatable bonds is 2. The summed E-state index contributed by atoms with van der Waals surface area (Å²) < 4.78 is 21.2. The van der Waals surface area contributed by atoms with Gasteiger partial charge in [0.25, 0.3) is 0 Å². The molecular formula is C17H22FN3O2. The van der Waals surface area contributed by atoms with E-state index in [4.69, 9.17) is 4.74 Å². The third-order valence-corrected chi connectivity index (χ3v) is 5.30. The lowest BCUT2D eigenvalue weighted by Crippen LogP contribution is -2.45. The lowest BCUT2D eigenvalue weighted by molar-refractivity contribution is 0.0219. The third-order valence-electron chi connectivity index (χ3n) is 5.30. The lowest BCUT2D eigenvalue weighted by Gasteiger charge is -2.39. The van der Waals surface area contributed by atoms with E-state index in [0.29, 0.717) is 17.1 Å². The predicted octanol–water partition coefficient (Wildman–Crippen LogP) is 2.35. The number of fused-ring (bicyclic) bond motifs is 1. The van der Waals surface area contributed by atoms with Crippen molar-refractivity contribution in [3.63, 3.8) is 0 Å². The zero-order chi connectivity index (χ0) is 15.8. The Labute approximate surface area is 134 Å². The Morgan fingerprint density at radius 3 is 2.30 bits per heavy atom. The molecule has 0 radical (unpaired) electrons. The second kappa shape index (κ2) is 6.09. The number of halogens is 1. The van der Waals surface area contributed by atoms with Crippen LogP contribution in [0, 0.1) is 0 Å². The number of piperidine rings is 1. The monoisotopic (exact) mass is 319 g/mol. The maximum Gasteiger partial charge on any atom is 0.357 e. The third kappa shape index (κ3) is 2.60. The SMILES string of the molecule is O=c1n(F)c2ccccc2n1C1CCN(C2CCOCC2)CC1. The first kappa shape index (κ1) is 14.9. The van der Waals surface area contributed by atoms with Crippen molar-refractivity contribution in [3.8, 4) is 0 Å². The van der Waals surface area contributed by atoms with Gasteiger partial charge in [0, 0.05) is 38.4 Å². The van der Waals surface area contributed by atoms with Gasteiger partial charge in [-0.05, 0) is 37.8 Å². The molecule has 124 valence electrons. The summed E-state index contributed by atoms with van der Waals surface area (Å²) in [5.41, 5.74) is 0.518. The highest BCUT2D eigenvalue weighted by Crippen LogP contribution is 2.28. The van der Waals surface area contributed by atoms with Crippen molar-refractivity contribution in [2.24, 2.45) is 0 Å². The molecule has 2 aliphatic rings. The van der Waals surface area contributed by atoms with Crippen LogP contribution >= 0.6 is 0 Å². The fraction of sp³-hybridized carbons (Fsp3) is 0.588. The van der Waals surface area contributed by atoms with Gasteiger partial charge >= 0.3 is 5.69 Å². The van der Waals surface area contributed by atoms with Crippen LogP contribution < -0.4 is 5.69 Å². The molecule has 1 aromatic heterocycles. The minimum absolute atomic E-state index is 0.0838. The Morgan fingerprint density at radius 1 is 0.957 bits per heavy atom. The minimum atomic E-state index is -0.546. The Hall–Kier alpha value is -1.66. The highest BCUT2D eigenvalue weighted by Gasteiger charge is 2.29. The molecule has 3 heterocycles. The van der Waals surface area contributed by atoms with E-state index < -0.39 is 5.69 Å². The first-order valence-electron chi connectivity index (χ1n) is 8.45. The summed E-state index contributed by atoms with van der Waals surface area (Å²) in [7, 11) is 0. The number of nitrogens with zero attached hydrogens (tertiary/aromatic N) is 3. The molecule has 23 heavy (non-hydrogen) atoms. The first-order valence-corrected chi connectivity index (χ1v) is 8.45. The van der Waals surface area contributed by atoms with Crippen molar-refractivity contribution in [3.05, 3.63) is 34.7 Å². The van der Waals surface area contributed by atoms with E-state index in [0.717, 1.165) is 52.0 Å². The second-order valence-electron chi connectivity index (χ2n) is 6.53. The maximum absolute atomic E-state index is 14.1. The van der Waals surface area contributed by atoms with Crippen molar-refractivity contribution >= 4 is 11.0 Å². The molecule has 0 N–H and O–H groups in total. The summed E-state index contributed by atoms with van der Waals surface area (Å²) in [4.78, 5) is 15.1. The number of aromatic nitrogens is 2. The van der Waals surface area contributed by atoms with Crippen LogP contribution in [0.5, 0.6) is 0 Å². The molecule has 0 spiro atoms. The molecule has 0 unspecified atom stereocenters. The molecule has 0 bridgehead atoms. The molecular weight excluding hydrogens is 297 g/mol. The van der Waals surface area contributed by atoms with Gasteiger partial charge in [0.05, 0.1) is 5.52 Å². The second-order valence-corrected chi connectivity index (χ2v) is 6.53. The Balaban J connectivity index is 1.55. The van der Waals surface area contributed by atoms with Gasteiger partial charge in [-0.15, -0.1) is 4.79 Å². The van der Waals surface area contributed by atoms with Gasteiger partial charge in [-0.1, -0.05) is 16.6 Å². The van der Waals surface area contributed by atoms with Gasteiger partial charge in [-0.2, -0.15) is 0 Å². The Kier molecular flexibility index (Phi) is 3.95. The molecule has 5 nitrogen and oxygen atoms in total. The molecule has 6 heteroatoms. The van der Waals surface area contributed by atoms with Crippen molar-refractivity contribution in [1.29, 1.82) is 0 Å². The van der Waals surface area contributed by atoms with Crippen LogP contribution in [0.1, 0.15) is 31.7 Å². The van der Waals surface area contributed by atoms with E-state index in [1.54, 1.807) is 16.7 Å². The highest BCUT2D eigenvalue weighted by molar-refractivity contribution is 5.75. The Bertz CT molecular complexity index is 740. The van der Waals surface area contributed by atoms with Crippen molar-refractivity contribution in [1.82, 2.24) is 14.3 Å². The summed E-state index contributed by atoms with van der Waals surface area (Å²) in [6.07, 6.45) is 3.97. The van der Waals surface area contributed by atoms with Crippen LogP contribution in [0.25, 0.3) is 11.0 Å². The molecule has 0 saturated carbocycles. The van der Waals surface area contributed by atoms with Crippen LogP contribution in [-0.2, 0) is 4.74 Å². The highest BCUT2D eigenvalue weighted by atomic mass is 19.2. The number of benzene rings is 1. The molecule has 0 aliphatic carbocycles. The normalized spacial score (nSPS) is 22.0. The summed E-state index contributed by atoms with van der Waals surface area (Å²) in [5, 5.41) is 0. The number of para-hydroxylation sites is 2. The molecule has 4 rings (SSSR count). The fourth-order valence-corrected chi connectivity index (χ4v) is 4.05. The minimum Gasteiger partial charge on any atom is -0.381 e. The van der Waals surface area contributed by atoms with Crippen LogP contribution in [-0.4, -0.2) is 46.6 Å². The van der Waals surface area contributed by atoms with Crippen molar-refractivity contribution in [2.45, 2.75) is 37.8 Å². The van der Waals surface area contributed by atoms with Gasteiger partial charge in [0.15, 0.2) is 0 Å². The molecule has 1 aromatic carbocycles. The van der Waals surface area contributed by atoms with E-state index in [1.165, 1.54) is 0 Å². The van der Waals surface area contributed by atoms with Gasteiger partial charge in [-0.25, -0.2) is 4.79 Å². The summed E-state index contributed by atoms with van der Waals surface area (Å²) in [6.45, 7) is 3.62. The average Bonchev–Trinajstić information content (AvgIpc) is 2.87. The first-order chi connectivity index (χ1) is 11.3. The van der Waals surface area contributed by atoms with Gasteiger partial charge in [0.2, 0.25) is 0 Å². The lowest BCUT2D eigenvalue weighted by atomic mass is 9.99. The molecule has 2 aromatic rings. The summed E-state index contributed by atoms with van der Waals surface area (Å²) >= 11 is 0. The number of ether oxygens (including phenoxy) is 1. The van der Waals surface area contributed by atoms with E-state index in [9.17, 15) is 9.28 Å². The quantitative estimate of drug-likeness (QED) is 0.853. The van der Waals surface area contributed by atoms with Crippen LogP contribution in [0.3, 0.4) is 0 Å². The van der Waals surface area contributed by atoms with E-state index in [-0.39, 0.29) is 10.8 Å². The summed E-state index contributed by atoms with van der Waals surface area (Å²) in [5.74, 6) is 0. The molecule has 2 aliphatic heterocycles. The molecule has 2 saturated heterocycles. The van der Waals surface area contributed by atoms with Crippen molar-refractivity contribution in [2.75, 3.05) is 26.3 Å². The van der Waals surface area contributed by atoms with Crippen molar-refractivity contribution < 1.29 is 9.22 Å². The topological polar surface area (TPSA) is 39.4 Å². The Morgan fingerprint density at radius 2 is 1.61 bits per heavy atom. The number of hydrogen-bond acceptors (Lipinski definition) is 3. The van der Waals surface area contributed by atoms with Crippen LogP contribution in [0.2, 0.25) is 0 Å². The van der Waals surface area contributed by atoms with Crippen LogP contribution in [0.15, 0.2) is 29.1 Å². The van der Waals surface area contributed by atoms with E-state index >= 15 is 0 Å². The fourth-order valence-electron chi connectivity index (χ4n) is 4.05. The van der Waals surface area contributed by atoms with Crippen LogP contribution in [0.4, 0.5) is 4.48 Å². The van der Waals surface area contributed by atoms with E-state index in [2.05, 4.69) is 4.90 Å². The standard InChI is InChI=1S/C17H22FN3O2/c18-21-16-4-2-1-3-15(16)20(17(21)22)14-5-9-19(10-6-14)13-7-11-23-12-8-13/h1-4,13-14H,5-12H2. The predicted molar refractivity (Wildman–Crippen MR) is 86.4 cm³/mol. The zero-order valence-electron chi connectivity index (χ0n) is 13.2. The number of hydrogen-bond donors (Lipinski definition) is 0. The van der Waals surface area contributed by atoms with Gasteiger partial charge in [-0.3, -0.25) is 4.57 Å². The largest absolute Gasteiger partial charge is 0.381 e. The van der Waals surface area contributed by atoms with E-state index in [1.807, 2.05) is 12.1 Å². The number of likely N-dealkylation sites (tertiary alicyclic amines) is 1. The summed E-state index contributed by atoms with van der Waals surface area (Å²) in [6, 6.07) is 7.79. The number of imidazole rings is 1. The zero-order valence-corrected chi connectivity index (χ0v) is 13.2. The smallest absolute Gasteiger partial charge is 0.357 e. The average molecular weight is 319 g/mol.